The molecule has 5 heteroatoms. The molecule has 20 heavy (non-hydrogen) atoms. The Balaban J connectivity index is 1.84. The van der Waals surface area contributed by atoms with Crippen molar-refractivity contribution in [3.05, 3.63) is 59.9 Å². The molecule has 100 valence electrons. The fraction of sp³-hybridized carbons (Fsp3) is 0.0667. The lowest BCUT2D eigenvalue weighted by Crippen LogP contribution is -2.11. The number of amides is 1. The lowest BCUT2D eigenvalue weighted by molar-refractivity contribution is 0.102. The van der Waals surface area contributed by atoms with Gasteiger partial charge < -0.3 is 15.4 Å². The summed E-state index contributed by atoms with van der Waals surface area (Å²) in [6.07, 6.45) is 1.59. The minimum absolute atomic E-state index is 0.0518. The number of hydrogen-bond acceptors (Lipinski definition) is 3. The van der Waals surface area contributed by atoms with E-state index in [1.165, 1.54) is 0 Å². The topological polar surface area (TPSA) is 78.0 Å². The van der Waals surface area contributed by atoms with Gasteiger partial charge in [-0.25, -0.2) is 4.98 Å². The molecular weight excluding hydrogens is 254 g/mol. The molecule has 3 aromatic rings. The van der Waals surface area contributed by atoms with Crippen molar-refractivity contribution in [2.45, 2.75) is 6.61 Å². The second-order valence-electron chi connectivity index (χ2n) is 4.45. The Hall–Kier alpha value is -2.66. The van der Waals surface area contributed by atoms with Crippen molar-refractivity contribution in [1.82, 2.24) is 9.97 Å². The van der Waals surface area contributed by atoms with Crippen LogP contribution in [0.1, 0.15) is 15.9 Å². The summed E-state index contributed by atoms with van der Waals surface area (Å²) in [6, 6.07) is 12.4. The van der Waals surface area contributed by atoms with Crippen molar-refractivity contribution in [2.75, 3.05) is 5.32 Å². The van der Waals surface area contributed by atoms with Crippen molar-refractivity contribution in [3.63, 3.8) is 0 Å². The largest absolute Gasteiger partial charge is 0.392 e. The second kappa shape index (κ2) is 5.14. The van der Waals surface area contributed by atoms with Crippen molar-refractivity contribution in [3.8, 4) is 0 Å². The van der Waals surface area contributed by atoms with Gasteiger partial charge in [-0.3, -0.25) is 4.79 Å². The highest BCUT2D eigenvalue weighted by Gasteiger charge is 2.08. The third kappa shape index (κ3) is 2.39. The number of nitrogens with one attached hydrogen (secondary N) is 2. The molecule has 0 aliphatic carbocycles. The SMILES string of the molecule is O=C(Nc1cccc(CO)c1)c1ccc2nc[nH]c2c1. The van der Waals surface area contributed by atoms with Crippen LogP contribution in [0.3, 0.4) is 0 Å². The zero-order valence-electron chi connectivity index (χ0n) is 10.6. The predicted octanol–water partition coefficient (Wildman–Crippen LogP) is 2.31. The molecule has 5 nitrogen and oxygen atoms in total. The zero-order valence-corrected chi connectivity index (χ0v) is 10.6. The molecule has 1 heterocycles. The molecule has 0 aliphatic heterocycles. The fourth-order valence-electron chi connectivity index (χ4n) is 2.03. The van der Waals surface area contributed by atoms with Gasteiger partial charge in [0.2, 0.25) is 0 Å². The van der Waals surface area contributed by atoms with Crippen LogP contribution in [0.2, 0.25) is 0 Å². The van der Waals surface area contributed by atoms with Crippen molar-refractivity contribution in [2.24, 2.45) is 0 Å². The Bertz CT molecular complexity index is 764. The quantitative estimate of drug-likeness (QED) is 0.681. The number of benzene rings is 2. The number of aromatic amines is 1. The molecule has 1 aromatic heterocycles. The van der Waals surface area contributed by atoms with Gasteiger partial charge in [0.05, 0.1) is 24.0 Å². The molecule has 3 N–H and O–H groups in total. The van der Waals surface area contributed by atoms with Gasteiger partial charge in [0.1, 0.15) is 0 Å². The van der Waals surface area contributed by atoms with E-state index in [-0.39, 0.29) is 12.5 Å². The van der Waals surface area contributed by atoms with Crippen molar-refractivity contribution >= 4 is 22.6 Å². The Morgan fingerprint density at radius 2 is 2.15 bits per heavy atom. The van der Waals surface area contributed by atoms with Gasteiger partial charge in [-0.2, -0.15) is 0 Å². The lowest BCUT2D eigenvalue weighted by Gasteiger charge is -2.06. The molecular formula is C15H13N3O2. The van der Waals surface area contributed by atoms with E-state index in [0.29, 0.717) is 11.3 Å². The third-order valence-electron chi connectivity index (χ3n) is 3.05. The number of aromatic nitrogens is 2. The first-order valence-corrected chi connectivity index (χ1v) is 6.20. The molecule has 1 amide bonds. The summed E-state index contributed by atoms with van der Waals surface area (Å²) < 4.78 is 0. The summed E-state index contributed by atoms with van der Waals surface area (Å²) in [6.45, 7) is -0.0518. The summed E-state index contributed by atoms with van der Waals surface area (Å²) in [7, 11) is 0. The summed E-state index contributed by atoms with van der Waals surface area (Å²) in [5.74, 6) is -0.198. The minimum atomic E-state index is -0.198. The van der Waals surface area contributed by atoms with Crippen LogP contribution >= 0.6 is 0 Å². The Morgan fingerprint density at radius 1 is 1.25 bits per heavy atom. The maximum absolute atomic E-state index is 12.2. The lowest BCUT2D eigenvalue weighted by atomic mass is 10.1. The molecule has 3 rings (SSSR count). The van der Waals surface area contributed by atoms with Crippen LogP contribution in [0.15, 0.2) is 48.8 Å². The highest BCUT2D eigenvalue weighted by Crippen LogP contribution is 2.15. The Kier molecular flexibility index (Phi) is 3.18. The van der Waals surface area contributed by atoms with E-state index in [1.807, 2.05) is 0 Å². The summed E-state index contributed by atoms with van der Waals surface area (Å²) in [5.41, 5.74) is 3.61. The summed E-state index contributed by atoms with van der Waals surface area (Å²) >= 11 is 0. The van der Waals surface area contributed by atoms with Crippen LogP contribution in [0.25, 0.3) is 11.0 Å². The average Bonchev–Trinajstić information content (AvgIpc) is 2.94. The summed E-state index contributed by atoms with van der Waals surface area (Å²) in [5, 5.41) is 11.9. The number of H-pyrrole nitrogens is 1. The molecule has 0 saturated heterocycles. The highest BCUT2D eigenvalue weighted by molar-refractivity contribution is 6.05. The number of imidazole rings is 1. The van der Waals surface area contributed by atoms with Crippen LogP contribution in [0.4, 0.5) is 5.69 Å². The van der Waals surface area contributed by atoms with E-state index in [1.54, 1.807) is 48.8 Å². The van der Waals surface area contributed by atoms with E-state index in [4.69, 9.17) is 5.11 Å². The molecule has 0 radical (unpaired) electrons. The van der Waals surface area contributed by atoms with Gasteiger partial charge in [-0.15, -0.1) is 0 Å². The first-order valence-electron chi connectivity index (χ1n) is 6.20. The van der Waals surface area contributed by atoms with E-state index >= 15 is 0 Å². The number of anilines is 1. The number of hydrogen-bond donors (Lipinski definition) is 3. The predicted molar refractivity (Wildman–Crippen MR) is 76.4 cm³/mol. The molecule has 0 fully saturated rings. The number of carbonyl (C=O) groups is 1. The Labute approximate surface area is 115 Å². The second-order valence-corrected chi connectivity index (χ2v) is 4.45. The van der Waals surface area contributed by atoms with Crippen LogP contribution in [0, 0.1) is 0 Å². The number of rotatable bonds is 3. The van der Waals surface area contributed by atoms with Gasteiger partial charge >= 0.3 is 0 Å². The molecule has 2 aromatic carbocycles. The molecule has 0 atom stereocenters. The zero-order chi connectivity index (χ0) is 13.9. The molecule has 0 unspecified atom stereocenters. The third-order valence-corrected chi connectivity index (χ3v) is 3.05. The summed E-state index contributed by atoms with van der Waals surface area (Å²) in [4.78, 5) is 19.3. The molecule has 0 aliphatic rings. The smallest absolute Gasteiger partial charge is 0.255 e. The maximum atomic E-state index is 12.2. The van der Waals surface area contributed by atoms with Gasteiger partial charge in [0.25, 0.3) is 5.91 Å². The fourth-order valence-corrected chi connectivity index (χ4v) is 2.03. The molecule has 0 bridgehead atoms. The number of aliphatic hydroxyl groups excluding tert-OH is 1. The van der Waals surface area contributed by atoms with Crippen LogP contribution in [0.5, 0.6) is 0 Å². The van der Waals surface area contributed by atoms with E-state index in [2.05, 4.69) is 15.3 Å². The van der Waals surface area contributed by atoms with Gasteiger partial charge in [-0.1, -0.05) is 12.1 Å². The van der Waals surface area contributed by atoms with Crippen LogP contribution < -0.4 is 5.32 Å². The van der Waals surface area contributed by atoms with E-state index < -0.39 is 0 Å². The van der Waals surface area contributed by atoms with E-state index in [9.17, 15) is 4.79 Å². The number of fused-ring (bicyclic) bond motifs is 1. The first kappa shape index (κ1) is 12.4. The highest BCUT2D eigenvalue weighted by atomic mass is 16.3. The normalized spacial score (nSPS) is 10.7. The number of nitrogens with zero attached hydrogens (tertiary/aromatic N) is 1. The Morgan fingerprint density at radius 3 is 3.00 bits per heavy atom. The van der Waals surface area contributed by atoms with Gasteiger partial charge in [0, 0.05) is 11.3 Å². The number of aliphatic hydroxyl groups is 1. The molecule has 0 saturated carbocycles. The minimum Gasteiger partial charge on any atom is -0.392 e. The van der Waals surface area contributed by atoms with Crippen molar-refractivity contribution < 1.29 is 9.90 Å². The van der Waals surface area contributed by atoms with Gasteiger partial charge in [0.15, 0.2) is 0 Å². The van der Waals surface area contributed by atoms with Crippen molar-refractivity contribution in [1.29, 1.82) is 0 Å². The van der Waals surface area contributed by atoms with E-state index in [0.717, 1.165) is 16.6 Å². The average molecular weight is 267 g/mol. The first-order chi connectivity index (χ1) is 9.76. The van der Waals surface area contributed by atoms with Crippen LogP contribution in [-0.2, 0) is 6.61 Å². The standard InChI is InChI=1S/C15H13N3O2/c19-8-10-2-1-3-12(6-10)18-15(20)11-4-5-13-14(7-11)17-9-16-13/h1-7,9,19H,8H2,(H,16,17)(H,18,20). The maximum Gasteiger partial charge on any atom is 0.255 e. The molecule has 0 spiro atoms. The monoisotopic (exact) mass is 267 g/mol. The van der Waals surface area contributed by atoms with Crippen LogP contribution in [-0.4, -0.2) is 21.0 Å². The number of carbonyl (C=O) groups excluding carboxylic acids is 1. The van der Waals surface area contributed by atoms with Gasteiger partial charge in [-0.05, 0) is 35.9 Å².